The van der Waals surface area contributed by atoms with E-state index >= 15 is 0 Å². The Morgan fingerprint density at radius 3 is 2.61 bits per heavy atom. The molecule has 0 aromatic carbocycles. The predicted molar refractivity (Wildman–Crippen MR) is 94.5 cm³/mol. The molecule has 0 amide bonds. The summed E-state index contributed by atoms with van der Waals surface area (Å²) < 4.78 is 6.28. The summed E-state index contributed by atoms with van der Waals surface area (Å²) in [4.78, 5) is 2.45. The van der Waals surface area contributed by atoms with Gasteiger partial charge in [-0.1, -0.05) is 27.2 Å². The monoisotopic (exact) mass is 323 g/mol. The van der Waals surface area contributed by atoms with Gasteiger partial charge in [0.25, 0.3) is 0 Å². The maximum absolute atomic E-state index is 10.4. The van der Waals surface area contributed by atoms with Gasteiger partial charge in [-0.05, 0) is 68.7 Å². The zero-order valence-corrected chi connectivity index (χ0v) is 15.7. The van der Waals surface area contributed by atoms with E-state index in [9.17, 15) is 5.11 Å². The van der Waals surface area contributed by atoms with Crippen LogP contribution in [-0.4, -0.2) is 48.0 Å². The summed E-state index contributed by atoms with van der Waals surface area (Å²) >= 11 is 0. The van der Waals surface area contributed by atoms with Crippen LogP contribution in [0.2, 0.25) is 0 Å². The highest BCUT2D eigenvalue weighted by Crippen LogP contribution is 2.66. The number of aliphatic hydroxyl groups excluding tert-OH is 1. The van der Waals surface area contributed by atoms with E-state index in [1.165, 1.54) is 38.5 Å². The van der Waals surface area contributed by atoms with Crippen LogP contribution in [0.5, 0.6) is 0 Å². The minimum absolute atomic E-state index is 0.241. The van der Waals surface area contributed by atoms with E-state index < -0.39 is 0 Å². The van der Waals surface area contributed by atoms with Crippen molar-refractivity contribution in [2.45, 2.75) is 90.9 Å². The van der Waals surface area contributed by atoms with Crippen molar-refractivity contribution in [2.75, 3.05) is 19.7 Å². The number of rotatable bonds is 6. The zero-order valence-electron chi connectivity index (χ0n) is 15.7. The second-order valence-corrected chi connectivity index (χ2v) is 9.25. The quantitative estimate of drug-likeness (QED) is 0.806. The SMILES string of the molecule is C[C@@H]1CCCCN1C[C@H](O)CCO[C@H]1C[C@H]2CC[C@@]1(C)C2(C)C. The fourth-order valence-corrected chi connectivity index (χ4v) is 5.52. The average molecular weight is 324 g/mol. The Morgan fingerprint density at radius 2 is 2.00 bits per heavy atom. The fraction of sp³-hybridized carbons (Fsp3) is 1.00. The summed E-state index contributed by atoms with van der Waals surface area (Å²) in [6.45, 7) is 12.3. The van der Waals surface area contributed by atoms with Crippen molar-refractivity contribution in [3.63, 3.8) is 0 Å². The van der Waals surface area contributed by atoms with E-state index in [-0.39, 0.29) is 6.10 Å². The molecule has 134 valence electrons. The van der Waals surface area contributed by atoms with Crippen LogP contribution in [0.3, 0.4) is 0 Å². The molecule has 1 heterocycles. The van der Waals surface area contributed by atoms with Crippen LogP contribution in [0.1, 0.15) is 72.6 Å². The molecule has 3 aliphatic rings. The second-order valence-electron chi connectivity index (χ2n) is 9.25. The summed E-state index contributed by atoms with van der Waals surface area (Å²) in [7, 11) is 0. The van der Waals surface area contributed by atoms with Gasteiger partial charge < -0.3 is 9.84 Å². The van der Waals surface area contributed by atoms with Crippen molar-refractivity contribution in [1.29, 1.82) is 0 Å². The fourth-order valence-electron chi connectivity index (χ4n) is 5.52. The molecule has 1 saturated heterocycles. The highest BCUT2D eigenvalue weighted by atomic mass is 16.5. The molecule has 23 heavy (non-hydrogen) atoms. The lowest BCUT2D eigenvalue weighted by Gasteiger charge is -2.39. The smallest absolute Gasteiger partial charge is 0.0689 e. The number of β-amino-alcohol motifs (C(OH)–C–C–N with tert-alkyl or cyclic N) is 1. The molecule has 0 unspecified atom stereocenters. The molecule has 2 bridgehead atoms. The summed E-state index contributed by atoms with van der Waals surface area (Å²) in [6, 6.07) is 0.629. The molecule has 0 radical (unpaired) electrons. The minimum atomic E-state index is -0.241. The molecular weight excluding hydrogens is 286 g/mol. The molecule has 3 rings (SSSR count). The number of fused-ring (bicyclic) bond motifs is 2. The van der Waals surface area contributed by atoms with Crippen LogP contribution in [-0.2, 0) is 4.74 Å². The van der Waals surface area contributed by atoms with E-state index in [0.717, 1.165) is 25.4 Å². The van der Waals surface area contributed by atoms with Crippen LogP contribution in [0.25, 0.3) is 0 Å². The number of likely N-dealkylation sites (tertiary alicyclic amines) is 1. The van der Waals surface area contributed by atoms with Gasteiger partial charge in [-0.25, -0.2) is 0 Å². The maximum Gasteiger partial charge on any atom is 0.0689 e. The number of nitrogens with zero attached hydrogens (tertiary/aromatic N) is 1. The topological polar surface area (TPSA) is 32.7 Å². The first-order valence-electron chi connectivity index (χ1n) is 9.88. The predicted octanol–water partition coefficient (Wildman–Crippen LogP) is 3.84. The number of aliphatic hydroxyl groups is 1. The summed E-state index contributed by atoms with van der Waals surface area (Å²) in [6.07, 6.45) is 8.75. The second kappa shape index (κ2) is 6.65. The molecule has 0 aromatic heterocycles. The van der Waals surface area contributed by atoms with Crippen molar-refractivity contribution in [2.24, 2.45) is 16.7 Å². The van der Waals surface area contributed by atoms with Gasteiger partial charge in [0.15, 0.2) is 0 Å². The van der Waals surface area contributed by atoms with Crippen molar-refractivity contribution < 1.29 is 9.84 Å². The van der Waals surface area contributed by atoms with E-state index in [1.54, 1.807) is 0 Å². The summed E-state index contributed by atoms with van der Waals surface area (Å²) in [5, 5.41) is 10.4. The lowest BCUT2D eigenvalue weighted by molar-refractivity contribution is -0.0574. The van der Waals surface area contributed by atoms with Crippen LogP contribution in [0, 0.1) is 16.7 Å². The molecule has 0 aromatic rings. The molecule has 2 saturated carbocycles. The Labute approximate surface area is 142 Å². The third-order valence-corrected chi connectivity index (χ3v) is 7.87. The van der Waals surface area contributed by atoms with E-state index in [0.29, 0.717) is 29.6 Å². The van der Waals surface area contributed by atoms with E-state index in [4.69, 9.17) is 4.74 Å². The molecule has 1 aliphatic heterocycles. The largest absolute Gasteiger partial charge is 0.392 e. The Morgan fingerprint density at radius 1 is 1.22 bits per heavy atom. The lowest BCUT2D eigenvalue weighted by atomic mass is 9.70. The van der Waals surface area contributed by atoms with Gasteiger partial charge in [0, 0.05) is 19.2 Å². The first-order chi connectivity index (χ1) is 10.8. The minimum Gasteiger partial charge on any atom is -0.392 e. The highest BCUT2D eigenvalue weighted by molar-refractivity contribution is 5.11. The normalized spacial score (nSPS) is 41.3. The summed E-state index contributed by atoms with van der Waals surface area (Å²) in [5.41, 5.74) is 0.753. The molecule has 2 aliphatic carbocycles. The number of hydrogen-bond acceptors (Lipinski definition) is 3. The Kier molecular flexibility index (Phi) is 5.11. The van der Waals surface area contributed by atoms with Gasteiger partial charge in [0.1, 0.15) is 0 Å². The molecule has 3 nitrogen and oxygen atoms in total. The Hall–Kier alpha value is -0.120. The first-order valence-corrected chi connectivity index (χ1v) is 9.88. The van der Waals surface area contributed by atoms with Gasteiger partial charge in [-0.3, -0.25) is 4.90 Å². The van der Waals surface area contributed by atoms with Crippen molar-refractivity contribution >= 4 is 0 Å². The molecule has 3 fully saturated rings. The number of ether oxygens (including phenoxy) is 1. The van der Waals surface area contributed by atoms with Gasteiger partial charge in [0.05, 0.1) is 12.2 Å². The van der Waals surface area contributed by atoms with Crippen LogP contribution >= 0.6 is 0 Å². The van der Waals surface area contributed by atoms with Crippen molar-refractivity contribution in [3.05, 3.63) is 0 Å². The molecule has 0 spiro atoms. The highest BCUT2D eigenvalue weighted by Gasteiger charge is 2.61. The van der Waals surface area contributed by atoms with Crippen molar-refractivity contribution in [3.8, 4) is 0 Å². The molecule has 5 atom stereocenters. The van der Waals surface area contributed by atoms with Crippen LogP contribution < -0.4 is 0 Å². The van der Waals surface area contributed by atoms with Gasteiger partial charge in [0.2, 0.25) is 0 Å². The third-order valence-electron chi connectivity index (χ3n) is 7.87. The van der Waals surface area contributed by atoms with Gasteiger partial charge in [-0.2, -0.15) is 0 Å². The van der Waals surface area contributed by atoms with Crippen LogP contribution in [0.15, 0.2) is 0 Å². The number of piperidine rings is 1. The first kappa shape index (κ1) is 17.7. The van der Waals surface area contributed by atoms with Crippen molar-refractivity contribution in [1.82, 2.24) is 4.90 Å². The Balaban J connectivity index is 1.42. The third kappa shape index (κ3) is 3.21. The van der Waals surface area contributed by atoms with Gasteiger partial charge >= 0.3 is 0 Å². The summed E-state index contributed by atoms with van der Waals surface area (Å²) in [5.74, 6) is 0.830. The standard InChI is InChI=1S/C20H37NO2/c1-15-7-5-6-11-21(15)14-17(22)9-12-23-18-13-16-8-10-20(18,4)19(16,2)3/h15-18,22H,5-14H2,1-4H3/t15-,16-,17-,18+,20-/m1/s1. The zero-order chi connectivity index (χ0) is 16.7. The Bertz CT molecular complexity index is 410. The molecular formula is C20H37NO2. The lowest BCUT2D eigenvalue weighted by Crippen LogP contribution is -2.42. The van der Waals surface area contributed by atoms with Crippen LogP contribution in [0.4, 0.5) is 0 Å². The maximum atomic E-state index is 10.4. The van der Waals surface area contributed by atoms with E-state index in [1.807, 2.05) is 0 Å². The van der Waals surface area contributed by atoms with E-state index in [2.05, 4.69) is 32.6 Å². The molecule has 1 N–H and O–H groups in total. The number of hydrogen-bond donors (Lipinski definition) is 1. The van der Waals surface area contributed by atoms with Gasteiger partial charge in [-0.15, -0.1) is 0 Å². The molecule has 3 heteroatoms. The average Bonchev–Trinajstić information content (AvgIpc) is 2.83.